The average molecular weight is 271 g/mol. The van der Waals surface area contributed by atoms with E-state index in [1.165, 1.54) is 17.2 Å². The summed E-state index contributed by atoms with van der Waals surface area (Å²) >= 11 is 0. The van der Waals surface area contributed by atoms with E-state index in [0.29, 0.717) is 12.3 Å². The molecule has 3 heteroatoms. The molecule has 0 amide bonds. The second kappa shape index (κ2) is 6.42. The van der Waals surface area contributed by atoms with Crippen LogP contribution in [0.1, 0.15) is 30.7 Å². The maximum Gasteiger partial charge on any atom is 0.251 e. The Morgan fingerprint density at radius 3 is 2.30 bits per heavy atom. The van der Waals surface area contributed by atoms with Crippen LogP contribution in [0.15, 0.2) is 41.2 Å². The molecule has 0 radical (unpaired) electrons. The highest BCUT2D eigenvalue weighted by Crippen LogP contribution is 2.12. The normalized spacial score (nSPS) is 10.9. The topological polar surface area (TPSA) is 53.1 Å². The van der Waals surface area contributed by atoms with E-state index in [0.717, 1.165) is 18.5 Å². The summed E-state index contributed by atoms with van der Waals surface area (Å²) in [6.45, 7) is 4.43. The quantitative estimate of drug-likeness (QED) is 0.878. The molecular formula is C17H21NO2. The van der Waals surface area contributed by atoms with Gasteiger partial charge in [0.15, 0.2) is 0 Å². The van der Waals surface area contributed by atoms with Crippen molar-refractivity contribution in [3.8, 4) is 5.75 Å². The highest BCUT2D eigenvalue weighted by Gasteiger charge is 2.01. The molecule has 2 N–H and O–H groups in total. The molecule has 0 atom stereocenters. The number of rotatable bonds is 5. The summed E-state index contributed by atoms with van der Waals surface area (Å²) in [6, 6.07) is 11.4. The van der Waals surface area contributed by atoms with Gasteiger partial charge >= 0.3 is 0 Å². The lowest BCUT2D eigenvalue weighted by molar-refractivity contribution is 0.472. The van der Waals surface area contributed by atoms with Crippen LogP contribution in [0.2, 0.25) is 0 Å². The number of aromatic nitrogens is 1. The first kappa shape index (κ1) is 14.4. The molecule has 2 aromatic rings. The van der Waals surface area contributed by atoms with E-state index in [-0.39, 0.29) is 11.3 Å². The first-order chi connectivity index (χ1) is 9.52. The molecule has 0 aliphatic carbocycles. The summed E-state index contributed by atoms with van der Waals surface area (Å²) in [5, 5.41) is 9.39. The van der Waals surface area contributed by atoms with Crippen LogP contribution in [0.4, 0.5) is 0 Å². The van der Waals surface area contributed by atoms with Crippen molar-refractivity contribution >= 4 is 0 Å². The Labute approximate surface area is 119 Å². The number of hydrogen-bond acceptors (Lipinski definition) is 2. The van der Waals surface area contributed by atoms with Gasteiger partial charge in [-0.15, -0.1) is 0 Å². The van der Waals surface area contributed by atoms with Gasteiger partial charge in [-0.25, -0.2) is 0 Å². The number of H-pyrrole nitrogens is 1. The van der Waals surface area contributed by atoms with Crippen molar-refractivity contribution in [2.45, 2.75) is 33.1 Å². The lowest BCUT2D eigenvalue weighted by Crippen LogP contribution is -2.07. The molecule has 1 aromatic heterocycles. The van der Waals surface area contributed by atoms with Crippen molar-refractivity contribution in [2.24, 2.45) is 5.92 Å². The zero-order chi connectivity index (χ0) is 14.5. The Morgan fingerprint density at radius 1 is 1.05 bits per heavy atom. The van der Waals surface area contributed by atoms with Crippen LogP contribution in [0.3, 0.4) is 0 Å². The fraction of sp³-hybridized carbons (Fsp3) is 0.353. The van der Waals surface area contributed by atoms with Crippen molar-refractivity contribution in [1.82, 2.24) is 4.98 Å². The molecule has 1 heterocycles. The molecule has 0 aliphatic heterocycles. The number of pyridine rings is 1. The number of hydrogen-bond donors (Lipinski definition) is 2. The zero-order valence-electron chi connectivity index (χ0n) is 12.0. The molecular weight excluding hydrogens is 250 g/mol. The zero-order valence-corrected chi connectivity index (χ0v) is 12.0. The van der Waals surface area contributed by atoms with Crippen molar-refractivity contribution < 1.29 is 5.11 Å². The van der Waals surface area contributed by atoms with E-state index in [1.54, 1.807) is 6.07 Å². The standard InChI is InChI=1S/C17H21NO2/c1-12(2)9-14-5-3-13(4-6-14)7-8-15-10-16(19)11-17(20)18-15/h3-6,10-12H,7-9H2,1-2H3,(H2,18,19,20). The van der Waals surface area contributed by atoms with Gasteiger partial charge in [0.2, 0.25) is 0 Å². The smallest absolute Gasteiger partial charge is 0.251 e. The lowest BCUT2D eigenvalue weighted by atomic mass is 10.00. The lowest BCUT2D eigenvalue weighted by Gasteiger charge is -2.07. The van der Waals surface area contributed by atoms with Crippen LogP contribution in [0, 0.1) is 5.92 Å². The first-order valence-corrected chi connectivity index (χ1v) is 7.03. The minimum absolute atomic E-state index is 0.0241. The summed E-state index contributed by atoms with van der Waals surface area (Å²) in [5.41, 5.74) is 3.10. The van der Waals surface area contributed by atoms with Crippen molar-refractivity contribution in [2.75, 3.05) is 0 Å². The fourth-order valence-corrected chi connectivity index (χ4v) is 2.31. The molecule has 0 fully saturated rings. The molecule has 3 nitrogen and oxygen atoms in total. The number of nitrogens with one attached hydrogen (secondary N) is 1. The minimum Gasteiger partial charge on any atom is -0.508 e. The van der Waals surface area contributed by atoms with Crippen LogP contribution < -0.4 is 5.56 Å². The van der Waals surface area contributed by atoms with Crippen LogP contribution in [-0.2, 0) is 19.3 Å². The summed E-state index contributed by atoms with van der Waals surface area (Å²) in [6.07, 6.45) is 2.66. The SMILES string of the molecule is CC(C)Cc1ccc(CCc2cc(O)cc(=O)[nH]2)cc1. The van der Waals surface area contributed by atoms with Crippen LogP contribution >= 0.6 is 0 Å². The van der Waals surface area contributed by atoms with Crippen molar-refractivity contribution in [3.63, 3.8) is 0 Å². The first-order valence-electron chi connectivity index (χ1n) is 7.03. The average Bonchev–Trinajstić information content (AvgIpc) is 2.36. The fourth-order valence-electron chi connectivity index (χ4n) is 2.31. The predicted molar refractivity (Wildman–Crippen MR) is 81.1 cm³/mol. The second-order valence-electron chi connectivity index (χ2n) is 5.64. The maximum atomic E-state index is 11.3. The third-order valence-corrected chi connectivity index (χ3v) is 3.23. The summed E-state index contributed by atoms with van der Waals surface area (Å²) in [5.74, 6) is 0.689. The number of benzene rings is 1. The molecule has 0 unspecified atom stereocenters. The van der Waals surface area contributed by atoms with Gasteiger partial charge in [0, 0.05) is 11.8 Å². The second-order valence-corrected chi connectivity index (χ2v) is 5.64. The molecule has 0 spiro atoms. The third-order valence-electron chi connectivity index (χ3n) is 3.23. The van der Waals surface area contributed by atoms with Gasteiger partial charge in [0.05, 0.1) is 0 Å². The van der Waals surface area contributed by atoms with Crippen LogP contribution in [0.25, 0.3) is 0 Å². The van der Waals surface area contributed by atoms with Crippen LogP contribution in [0.5, 0.6) is 5.75 Å². The van der Waals surface area contributed by atoms with E-state index in [9.17, 15) is 9.90 Å². The molecule has 0 aliphatic rings. The van der Waals surface area contributed by atoms with Crippen LogP contribution in [-0.4, -0.2) is 10.1 Å². The number of aryl methyl sites for hydroxylation is 2. The monoisotopic (exact) mass is 271 g/mol. The van der Waals surface area contributed by atoms with Crippen molar-refractivity contribution in [3.05, 3.63) is 63.6 Å². The van der Waals surface area contributed by atoms with Gasteiger partial charge in [0.25, 0.3) is 5.56 Å². The van der Waals surface area contributed by atoms with E-state index in [4.69, 9.17) is 0 Å². The van der Waals surface area contributed by atoms with Gasteiger partial charge in [-0.05, 0) is 42.4 Å². The molecule has 0 bridgehead atoms. The Kier molecular flexibility index (Phi) is 4.61. The highest BCUT2D eigenvalue weighted by atomic mass is 16.3. The highest BCUT2D eigenvalue weighted by molar-refractivity contribution is 5.25. The summed E-state index contributed by atoms with van der Waals surface area (Å²) < 4.78 is 0. The van der Waals surface area contributed by atoms with E-state index in [1.807, 2.05) is 0 Å². The Morgan fingerprint density at radius 2 is 1.70 bits per heavy atom. The predicted octanol–water partition coefficient (Wildman–Crippen LogP) is 3.06. The summed E-state index contributed by atoms with van der Waals surface area (Å²) in [4.78, 5) is 14.0. The molecule has 0 saturated heterocycles. The van der Waals surface area contributed by atoms with Crippen molar-refractivity contribution in [1.29, 1.82) is 0 Å². The van der Waals surface area contributed by atoms with Gasteiger partial charge in [-0.1, -0.05) is 38.1 Å². The summed E-state index contributed by atoms with van der Waals surface area (Å²) in [7, 11) is 0. The van der Waals surface area contributed by atoms with Gasteiger partial charge in [0.1, 0.15) is 5.75 Å². The number of aromatic hydroxyl groups is 1. The largest absolute Gasteiger partial charge is 0.508 e. The van der Waals surface area contributed by atoms with Gasteiger partial charge in [-0.2, -0.15) is 0 Å². The third kappa shape index (κ3) is 4.26. The number of aromatic amines is 1. The van der Waals surface area contributed by atoms with Gasteiger partial charge in [-0.3, -0.25) is 4.79 Å². The molecule has 0 saturated carbocycles. The van der Waals surface area contributed by atoms with E-state index >= 15 is 0 Å². The Hall–Kier alpha value is -2.03. The molecule has 2 rings (SSSR count). The minimum atomic E-state index is -0.257. The molecule has 106 valence electrons. The van der Waals surface area contributed by atoms with E-state index in [2.05, 4.69) is 43.1 Å². The Bertz CT molecular complexity index is 612. The van der Waals surface area contributed by atoms with Gasteiger partial charge < -0.3 is 10.1 Å². The Balaban J connectivity index is 1.98. The molecule has 1 aromatic carbocycles. The van der Waals surface area contributed by atoms with E-state index < -0.39 is 0 Å². The maximum absolute atomic E-state index is 11.3. The molecule has 20 heavy (non-hydrogen) atoms.